The summed E-state index contributed by atoms with van der Waals surface area (Å²) >= 11 is 0. The fourth-order valence-electron chi connectivity index (χ4n) is 4.01. The van der Waals surface area contributed by atoms with Gasteiger partial charge in [0, 0.05) is 6.07 Å². The van der Waals surface area contributed by atoms with E-state index in [0.717, 1.165) is 11.1 Å². The van der Waals surface area contributed by atoms with E-state index in [9.17, 15) is 13.2 Å². The fourth-order valence-corrected chi connectivity index (χ4v) is 5.65. The Morgan fingerprint density at radius 3 is 2.15 bits per heavy atom. The summed E-state index contributed by atoms with van der Waals surface area (Å²) in [6.45, 7) is 5.42. The lowest BCUT2D eigenvalue weighted by atomic mass is 10.1. The van der Waals surface area contributed by atoms with E-state index < -0.39 is 22.0 Å². The molecule has 0 saturated carbocycles. The van der Waals surface area contributed by atoms with E-state index in [4.69, 9.17) is 9.47 Å². The highest BCUT2D eigenvalue weighted by Crippen LogP contribution is 2.29. The number of hydrogen-bond acceptors (Lipinski definition) is 5. The van der Waals surface area contributed by atoms with Crippen LogP contribution in [0.15, 0.2) is 65.6 Å². The van der Waals surface area contributed by atoms with Gasteiger partial charge in [-0.15, -0.1) is 0 Å². The third-order valence-corrected chi connectivity index (χ3v) is 7.21. The predicted molar refractivity (Wildman–Crippen MR) is 133 cm³/mol. The summed E-state index contributed by atoms with van der Waals surface area (Å²) in [7, 11) is -0.980. The van der Waals surface area contributed by atoms with Crippen molar-refractivity contribution >= 4 is 21.6 Å². The molecule has 0 bridgehead atoms. The standard InChI is InChI=1S/C26H30N2O5S/c1-17-13-18(2)25(19(3)14-17)34(30,31)28-23(15-20-9-7-6-8-10-20)26(29)27-22-16-21(32-4)11-12-24(22)33-5/h6-14,16,23,28H,15H2,1-5H3,(H,27,29)/t23-/m1/s1. The topological polar surface area (TPSA) is 93.7 Å². The molecule has 0 aromatic heterocycles. The van der Waals surface area contributed by atoms with Crippen LogP contribution >= 0.6 is 0 Å². The van der Waals surface area contributed by atoms with Gasteiger partial charge in [0.25, 0.3) is 0 Å². The van der Waals surface area contributed by atoms with Gasteiger partial charge in [-0.1, -0.05) is 48.0 Å². The molecule has 0 heterocycles. The highest BCUT2D eigenvalue weighted by Gasteiger charge is 2.29. The maximum absolute atomic E-state index is 13.4. The van der Waals surface area contributed by atoms with Crippen LogP contribution in [0.2, 0.25) is 0 Å². The molecule has 1 atom stereocenters. The first kappa shape index (κ1) is 25.3. The van der Waals surface area contributed by atoms with Crippen LogP contribution in [-0.2, 0) is 21.2 Å². The number of amides is 1. The number of methoxy groups -OCH3 is 2. The van der Waals surface area contributed by atoms with Gasteiger partial charge >= 0.3 is 0 Å². The smallest absolute Gasteiger partial charge is 0.243 e. The van der Waals surface area contributed by atoms with Crippen molar-refractivity contribution in [2.75, 3.05) is 19.5 Å². The van der Waals surface area contributed by atoms with Crippen LogP contribution in [0.3, 0.4) is 0 Å². The quantitative estimate of drug-likeness (QED) is 0.478. The van der Waals surface area contributed by atoms with E-state index in [0.29, 0.717) is 28.3 Å². The summed E-state index contributed by atoms with van der Waals surface area (Å²) in [5.74, 6) is 0.448. The van der Waals surface area contributed by atoms with Gasteiger partial charge in [-0.05, 0) is 56.0 Å². The molecule has 34 heavy (non-hydrogen) atoms. The van der Waals surface area contributed by atoms with Gasteiger partial charge in [-0.2, -0.15) is 4.72 Å². The number of hydrogen-bond donors (Lipinski definition) is 2. The van der Waals surface area contributed by atoms with E-state index in [1.165, 1.54) is 14.2 Å². The van der Waals surface area contributed by atoms with E-state index in [1.54, 1.807) is 32.0 Å². The molecule has 0 spiro atoms. The molecule has 0 unspecified atom stereocenters. The number of aryl methyl sites for hydroxylation is 3. The van der Waals surface area contributed by atoms with E-state index >= 15 is 0 Å². The Morgan fingerprint density at radius 1 is 0.912 bits per heavy atom. The van der Waals surface area contributed by atoms with Crippen LogP contribution in [-0.4, -0.2) is 34.6 Å². The summed E-state index contributed by atoms with van der Waals surface area (Å²) < 4.78 is 40.1. The summed E-state index contributed by atoms with van der Waals surface area (Å²) in [6.07, 6.45) is 0.169. The Kier molecular flexibility index (Phi) is 7.96. The fraction of sp³-hybridized carbons (Fsp3) is 0.269. The first-order valence-electron chi connectivity index (χ1n) is 10.8. The Morgan fingerprint density at radius 2 is 1.56 bits per heavy atom. The van der Waals surface area contributed by atoms with Crippen molar-refractivity contribution in [3.63, 3.8) is 0 Å². The van der Waals surface area contributed by atoms with Crippen molar-refractivity contribution in [2.24, 2.45) is 0 Å². The Hall–Kier alpha value is -3.36. The first-order chi connectivity index (χ1) is 16.1. The van der Waals surface area contributed by atoms with E-state index in [-0.39, 0.29) is 11.3 Å². The molecule has 7 nitrogen and oxygen atoms in total. The second-order valence-corrected chi connectivity index (χ2v) is 9.80. The molecule has 3 aromatic carbocycles. The third kappa shape index (κ3) is 5.95. The summed E-state index contributed by atoms with van der Waals surface area (Å²) in [4.78, 5) is 13.6. The van der Waals surface area contributed by atoms with Gasteiger partial charge in [-0.25, -0.2) is 8.42 Å². The monoisotopic (exact) mass is 482 g/mol. The van der Waals surface area contributed by atoms with Crippen LogP contribution in [0, 0.1) is 20.8 Å². The molecule has 2 N–H and O–H groups in total. The largest absolute Gasteiger partial charge is 0.497 e. The van der Waals surface area contributed by atoms with Gasteiger partial charge in [0.15, 0.2) is 0 Å². The normalized spacial score (nSPS) is 12.1. The van der Waals surface area contributed by atoms with Gasteiger partial charge in [0.2, 0.25) is 15.9 Å². The summed E-state index contributed by atoms with van der Waals surface area (Å²) in [5, 5.41) is 2.80. The zero-order valence-corrected chi connectivity index (χ0v) is 20.8. The van der Waals surface area contributed by atoms with Gasteiger partial charge in [0.1, 0.15) is 17.5 Å². The van der Waals surface area contributed by atoms with Gasteiger partial charge < -0.3 is 14.8 Å². The molecule has 0 aliphatic heterocycles. The SMILES string of the molecule is COc1ccc(OC)c(NC(=O)[C@@H](Cc2ccccc2)NS(=O)(=O)c2c(C)cc(C)cc2C)c1. The van der Waals surface area contributed by atoms with Crippen LogP contribution in [0.25, 0.3) is 0 Å². The zero-order chi connectivity index (χ0) is 24.9. The third-order valence-electron chi connectivity index (χ3n) is 5.43. The second-order valence-electron chi connectivity index (χ2n) is 8.15. The number of carbonyl (C=O) groups excluding carboxylic acids is 1. The van der Waals surface area contributed by atoms with Crippen molar-refractivity contribution in [1.82, 2.24) is 4.72 Å². The van der Waals surface area contributed by atoms with E-state index in [2.05, 4.69) is 10.0 Å². The van der Waals surface area contributed by atoms with Crippen LogP contribution < -0.4 is 19.5 Å². The number of sulfonamides is 1. The number of benzene rings is 3. The molecule has 3 aromatic rings. The lowest BCUT2D eigenvalue weighted by Gasteiger charge is -2.21. The first-order valence-corrected chi connectivity index (χ1v) is 12.3. The molecule has 8 heteroatoms. The molecule has 0 radical (unpaired) electrons. The molecule has 0 aliphatic carbocycles. The number of ether oxygens (including phenoxy) is 2. The minimum absolute atomic E-state index is 0.169. The molecular weight excluding hydrogens is 452 g/mol. The van der Waals surface area contributed by atoms with Crippen LogP contribution in [0.5, 0.6) is 11.5 Å². The average molecular weight is 483 g/mol. The van der Waals surface area contributed by atoms with Crippen molar-refractivity contribution in [3.05, 3.63) is 82.9 Å². The number of carbonyl (C=O) groups is 1. The molecule has 0 fully saturated rings. The van der Waals surface area contributed by atoms with Crippen molar-refractivity contribution < 1.29 is 22.7 Å². The van der Waals surface area contributed by atoms with Crippen molar-refractivity contribution in [1.29, 1.82) is 0 Å². The highest BCUT2D eigenvalue weighted by atomic mass is 32.2. The zero-order valence-electron chi connectivity index (χ0n) is 20.0. The lowest BCUT2D eigenvalue weighted by molar-refractivity contribution is -0.117. The molecule has 0 saturated heterocycles. The average Bonchev–Trinajstić information content (AvgIpc) is 2.78. The lowest BCUT2D eigenvalue weighted by Crippen LogP contribution is -2.45. The molecule has 3 rings (SSSR count). The van der Waals surface area contributed by atoms with Gasteiger partial charge in [0.05, 0.1) is 24.8 Å². The minimum Gasteiger partial charge on any atom is -0.497 e. The maximum atomic E-state index is 13.4. The van der Waals surface area contributed by atoms with Crippen LogP contribution in [0.4, 0.5) is 5.69 Å². The Bertz CT molecular complexity index is 1250. The molecule has 180 valence electrons. The number of nitrogens with one attached hydrogen (secondary N) is 2. The Labute approximate surface area is 201 Å². The van der Waals surface area contributed by atoms with E-state index in [1.807, 2.05) is 49.4 Å². The molecule has 1 amide bonds. The molecular formula is C26H30N2O5S. The maximum Gasteiger partial charge on any atom is 0.243 e. The van der Waals surface area contributed by atoms with Gasteiger partial charge in [-0.3, -0.25) is 4.79 Å². The highest BCUT2D eigenvalue weighted by molar-refractivity contribution is 7.89. The second kappa shape index (κ2) is 10.7. The van der Waals surface area contributed by atoms with Crippen molar-refractivity contribution in [3.8, 4) is 11.5 Å². The molecule has 0 aliphatic rings. The number of rotatable bonds is 9. The van der Waals surface area contributed by atoms with Crippen LogP contribution in [0.1, 0.15) is 22.3 Å². The minimum atomic E-state index is -3.99. The summed E-state index contributed by atoms with van der Waals surface area (Å²) in [6, 6.07) is 16.8. The van der Waals surface area contributed by atoms with Crippen molar-refractivity contribution in [2.45, 2.75) is 38.1 Å². The summed E-state index contributed by atoms with van der Waals surface area (Å²) in [5.41, 5.74) is 3.42. The predicted octanol–water partition coefficient (Wildman–Crippen LogP) is 4.16. The number of anilines is 1. The Balaban J connectivity index is 1.97.